The van der Waals surface area contributed by atoms with Crippen molar-refractivity contribution in [1.82, 2.24) is 0 Å². The van der Waals surface area contributed by atoms with E-state index in [1.807, 2.05) is 48.5 Å². The van der Waals surface area contributed by atoms with Gasteiger partial charge in [-0.2, -0.15) is 0 Å². The standard InChI is InChI=1S/C33H33NO6/c35-18-1-19-36-29-14-8-27(9-15-29)34(28-10-16-31(17-11-28)38-21-33-23-40-33)26-6-2-24(3-7-26)25-4-12-30(13-5-25)37-20-32-22-39-32/h2-17,32-33,35H,1,18-23H2. The molecule has 7 heteroatoms. The van der Waals surface area contributed by atoms with Gasteiger partial charge in [0.05, 0.1) is 19.8 Å². The molecule has 206 valence electrons. The van der Waals surface area contributed by atoms with E-state index in [2.05, 4.69) is 53.4 Å². The predicted octanol–water partition coefficient (Wildman–Crippen LogP) is 6.14. The van der Waals surface area contributed by atoms with Crippen LogP contribution in [0.1, 0.15) is 6.42 Å². The first-order chi connectivity index (χ1) is 19.7. The molecule has 0 radical (unpaired) electrons. The van der Waals surface area contributed by atoms with Gasteiger partial charge >= 0.3 is 0 Å². The molecule has 2 fully saturated rings. The number of hydrogen-bond acceptors (Lipinski definition) is 7. The van der Waals surface area contributed by atoms with E-state index in [1.54, 1.807) is 0 Å². The van der Waals surface area contributed by atoms with Crippen molar-refractivity contribution in [2.24, 2.45) is 0 Å². The Balaban J connectivity index is 1.22. The molecule has 0 amide bonds. The van der Waals surface area contributed by atoms with Crippen LogP contribution in [0.2, 0.25) is 0 Å². The van der Waals surface area contributed by atoms with Gasteiger partial charge in [-0.15, -0.1) is 0 Å². The minimum atomic E-state index is 0.114. The maximum absolute atomic E-state index is 9.03. The highest BCUT2D eigenvalue weighted by Gasteiger charge is 2.23. The van der Waals surface area contributed by atoms with Crippen LogP contribution in [0.5, 0.6) is 17.2 Å². The fourth-order valence-corrected chi connectivity index (χ4v) is 4.34. The van der Waals surface area contributed by atoms with Crippen LogP contribution in [0.3, 0.4) is 0 Å². The molecule has 2 unspecified atom stereocenters. The lowest BCUT2D eigenvalue weighted by Crippen LogP contribution is -2.10. The number of benzene rings is 4. The number of nitrogens with zero attached hydrogens (tertiary/aromatic N) is 1. The van der Waals surface area contributed by atoms with Crippen molar-refractivity contribution in [1.29, 1.82) is 0 Å². The molecule has 1 N–H and O–H groups in total. The summed E-state index contributed by atoms with van der Waals surface area (Å²) in [6.07, 6.45) is 1.06. The summed E-state index contributed by atoms with van der Waals surface area (Å²) in [5, 5.41) is 9.03. The Hall–Kier alpha value is -4.04. The van der Waals surface area contributed by atoms with Gasteiger partial charge in [-0.3, -0.25) is 0 Å². The number of anilines is 3. The van der Waals surface area contributed by atoms with Crippen molar-refractivity contribution in [2.75, 3.05) is 44.5 Å². The third-order valence-electron chi connectivity index (χ3n) is 6.75. The molecule has 0 aliphatic carbocycles. The van der Waals surface area contributed by atoms with E-state index in [4.69, 9.17) is 28.8 Å². The van der Waals surface area contributed by atoms with E-state index in [9.17, 15) is 0 Å². The van der Waals surface area contributed by atoms with Gasteiger partial charge in [-0.1, -0.05) is 24.3 Å². The molecule has 6 rings (SSSR count). The predicted molar refractivity (Wildman–Crippen MR) is 154 cm³/mol. The summed E-state index contributed by atoms with van der Waals surface area (Å²) in [5.41, 5.74) is 5.29. The summed E-state index contributed by atoms with van der Waals surface area (Å²) in [5.74, 6) is 2.44. The van der Waals surface area contributed by atoms with Crippen LogP contribution in [-0.2, 0) is 9.47 Å². The Bertz CT molecular complexity index is 1350. The topological polar surface area (TPSA) is 76.2 Å². The molecule has 2 saturated heterocycles. The highest BCUT2D eigenvalue weighted by atomic mass is 16.6. The van der Waals surface area contributed by atoms with E-state index >= 15 is 0 Å². The van der Waals surface area contributed by atoms with Gasteiger partial charge in [0.2, 0.25) is 0 Å². The number of aliphatic hydroxyl groups is 1. The average Bonchev–Trinajstić information content (AvgIpc) is 3.93. The van der Waals surface area contributed by atoms with Crippen LogP contribution in [0.4, 0.5) is 17.1 Å². The van der Waals surface area contributed by atoms with Gasteiger partial charge in [0.25, 0.3) is 0 Å². The molecule has 2 aliphatic rings. The van der Waals surface area contributed by atoms with Gasteiger partial charge in [-0.25, -0.2) is 0 Å². The van der Waals surface area contributed by atoms with Gasteiger partial charge in [0.15, 0.2) is 0 Å². The highest BCUT2D eigenvalue weighted by Crippen LogP contribution is 2.37. The monoisotopic (exact) mass is 539 g/mol. The van der Waals surface area contributed by atoms with Gasteiger partial charge < -0.3 is 33.7 Å². The van der Waals surface area contributed by atoms with E-state index in [0.717, 1.165) is 58.7 Å². The zero-order valence-electron chi connectivity index (χ0n) is 22.3. The van der Waals surface area contributed by atoms with Gasteiger partial charge in [-0.05, 0) is 83.9 Å². The zero-order chi connectivity index (χ0) is 27.1. The van der Waals surface area contributed by atoms with E-state index in [1.165, 1.54) is 0 Å². The third-order valence-corrected chi connectivity index (χ3v) is 6.75. The maximum Gasteiger partial charge on any atom is 0.119 e. The Morgan fingerprint density at radius 1 is 0.575 bits per heavy atom. The Kier molecular flexibility index (Phi) is 8.14. The first kappa shape index (κ1) is 26.2. The second-order valence-corrected chi connectivity index (χ2v) is 9.85. The molecule has 40 heavy (non-hydrogen) atoms. The first-order valence-electron chi connectivity index (χ1n) is 13.7. The fourth-order valence-electron chi connectivity index (χ4n) is 4.34. The van der Waals surface area contributed by atoms with Crippen molar-refractivity contribution < 1.29 is 28.8 Å². The smallest absolute Gasteiger partial charge is 0.119 e. The van der Waals surface area contributed by atoms with Crippen LogP contribution in [0.15, 0.2) is 97.1 Å². The van der Waals surface area contributed by atoms with Crippen molar-refractivity contribution in [2.45, 2.75) is 18.6 Å². The lowest BCUT2D eigenvalue weighted by Gasteiger charge is -2.26. The van der Waals surface area contributed by atoms with Crippen LogP contribution in [0.25, 0.3) is 11.1 Å². The van der Waals surface area contributed by atoms with E-state index in [-0.39, 0.29) is 18.8 Å². The van der Waals surface area contributed by atoms with Crippen molar-refractivity contribution >= 4 is 17.1 Å². The molecule has 0 bridgehead atoms. The average molecular weight is 540 g/mol. The molecule has 2 aliphatic heterocycles. The summed E-state index contributed by atoms with van der Waals surface area (Å²) in [7, 11) is 0. The fraction of sp³-hybridized carbons (Fsp3) is 0.273. The summed E-state index contributed by atoms with van der Waals surface area (Å²) in [6, 6.07) is 32.8. The molecule has 7 nitrogen and oxygen atoms in total. The van der Waals surface area contributed by atoms with Crippen LogP contribution in [0, 0.1) is 0 Å². The third kappa shape index (κ3) is 6.93. The van der Waals surface area contributed by atoms with Crippen LogP contribution < -0.4 is 19.1 Å². The number of rotatable bonds is 14. The minimum Gasteiger partial charge on any atom is -0.494 e. The summed E-state index contributed by atoms with van der Waals surface area (Å²) in [6.45, 7) is 3.33. The first-order valence-corrected chi connectivity index (χ1v) is 13.7. The second kappa shape index (κ2) is 12.4. The Morgan fingerprint density at radius 3 is 1.38 bits per heavy atom. The highest BCUT2D eigenvalue weighted by molar-refractivity contribution is 5.78. The normalized spacial score (nSPS) is 17.2. The molecule has 0 saturated carbocycles. The zero-order valence-corrected chi connectivity index (χ0v) is 22.3. The lowest BCUT2D eigenvalue weighted by molar-refractivity contribution is 0.233. The largest absolute Gasteiger partial charge is 0.494 e. The number of aliphatic hydroxyl groups excluding tert-OH is 1. The minimum absolute atomic E-state index is 0.114. The molecule has 0 spiro atoms. The quantitative estimate of drug-likeness (QED) is 0.152. The molecular formula is C33H33NO6. The van der Waals surface area contributed by atoms with Crippen molar-refractivity contribution in [3.63, 3.8) is 0 Å². The number of ether oxygens (including phenoxy) is 5. The van der Waals surface area contributed by atoms with Crippen LogP contribution in [-0.4, -0.2) is 57.0 Å². The molecule has 2 heterocycles. The van der Waals surface area contributed by atoms with Gasteiger partial charge in [0.1, 0.15) is 42.7 Å². The summed E-state index contributed by atoms with van der Waals surface area (Å²) >= 11 is 0. The Labute approximate surface area is 234 Å². The second-order valence-electron chi connectivity index (χ2n) is 9.85. The molecule has 4 aromatic carbocycles. The molecule has 4 aromatic rings. The van der Waals surface area contributed by atoms with Crippen molar-refractivity contribution in [3.8, 4) is 28.4 Å². The summed E-state index contributed by atoms with van der Waals surface area (Å²) < 4.78 is 27.8. The SMILES string of the molecule is OCCCOc1ccc(N(c2ccc(OCC3CO3)cc2)c2ccc(-c3ccc(OCC4CO4)cc3)cc2)cc1. The number of hydrogen-bond donors (Lipinski definition) is 1. The van der Waals surface area contributed by atoms with E-state index in [0.29, 0.717) is 26.2 Å². The van der Waals surface area contributed by atoms with Gasteiger partial charge in [0, 0.05) is 30.1 Å². The number of epoxide rings is 2. The maximum atomic E-state index is 9.03. The van der Waals surface area contributed by atoms with E-state index < -0.39 is 0 Å². The summed E-state index contributed by atoms with van der Waals surface area (Å²) in [4.78, 5) is 2.20. The molecule has 0 aromatic heterocycles. The molecular weight excluding hydrogens is 506 g/mol. The van der Waals surface area contributed by atoms with Crippen LogP contribution >= 0.6 is 0 Å². The lowest BCUT2D eigenvalue weighted by atomic mass is 10.0. The molecule has 2 atom stereocenters. The Morgan fingerprint density at radius 2 is 0.950 bits per heavy atom. The van der Waals surface area contributed by atoms with Crippen molar-refractivity contribution in [3.05, 3.63) is 97.1 Å².